The van der Waals surface area contributed by atoms with Crippen LogP contribution in [0.4, 0.5) is 0 Å². The molecule has 2 atom stereocenters. The highest BCUT2D eigenvalue weighted by atomic mass is 14.4. The van der Waals surface area contributed by atoms with Crippen molar-refractivity contribution in [2.45, 2.75) is 58.3 Å². The molecular weight excluding hydrogens is 132 g/mol. The summed E-state index contributed by atoms with van der Waals surface area (Å²) in [6.07, 6.45) is 12.2. The summed E-state index contributed by atoms with van der Waals surface area (Å²) < 4.78 is 0. The second-order valence-corrected chi connectivity index (χ2v) is 5.02. The van der Waals surface area contributed by atoms with Crippen LogP contribution >= 0.6 is 0 Å². The van der Waals surface area contributed by atoms with E-state index >= 15 is 0 Å². The molecular formula is C11H20. The maximum atomic E-state index is 2.52. The molecule has 2 rings (SSSR count). The molecule has 0 aromatic heterocycles. The normalized spacial score (nSPS) is 45.0. The summed E-state index contributed by atoms with van der Waals surface area (Å²) in [4.78, 5) is 0. The van der Waals surface area contributed by atoms with Crippen molar-refractivity contribution < 1.29 is 0 Å². The van der Waals surface area contributed by atoms with Gasteiger partial charge in [-0.15, -0.1) is 0 Å². The summed E-state index contributed by atoms with van der Waals surface area (Å²) in [5.74, 6) is 1.11. The Balaban J connectivity index is 2.07. The second kappa shape index (κ2) is 2.80. The third-order valence-corrected chi connectivity index (χ3v) is 3.82. The summed E-state index contributed by atoms with van der Waals surface area (Å²) >= 11 is 0. The zero-order chi connectivity index (χ0) is 7.73. The molecule has 0 aromatic rings. The molecule has 0 aliphatic heterocycles. The van der Waals surface area contributed by atoms with Crippen LogP contribution in [0.25, 0.3) is 0 Å². The van der Waals surface area contributed by atoms with Crippen LogP contribution in [0.1, 0.15) is 58.3 Å². The van der Waals surface area contributed by atoms with Gasteiger partial charge in [0.1, 0.15) is 0 Å². The molecule has 0 amide bonds. The molecule has 0 aromatic carbocycles. The van der Waals surface area contributed by atoms with Crippen molar-refractivity contribution in [3.8, 4) is 0 Å². The van der Waals surface area contributed by atoms with Gasteiger partial charge in [0.25, 0.3) is 0 Å². The summed E-state index contributed by atoms with van der Waals surface area (Å²) in [6.45, 7) is 2.52. The first-order valence-electron chi connectivity index (χ1n) is 5.29. The fourth-order valence-corrected chi connectivity index (χ4v) is 3.18. The zero-order valence-electron chi connectivity index (χ0n) is 7.73. The first-order valence-corrected chi connectivity index (χ1v) is 5.29. The van der Waals surface area contributed by atoms with Crippen LogP contribution in [-0.4, -0.2) is 0 Å². The van der Waals surface area contributed by atoms with Crippen LogP contribution in [0, 0.1) is 11.3 Å². The number of hydrogen-bond donors (Lipinski definition) is 0. The number of hydrogen-bond acceptors (Lipinski definition) is 0. The minimum absolute atomic E-state index is 0.763. The van der Waals surface area contributed by atoms with Crippen molar-refractivity contribution in [2.24, 2.45) is 11.3 Å². The van der Waals surface area contributed by atoms with Gasteiger partial charge in [-0.05, 0) is 30.6 Å². The van der Waals surface area contributed by atoms with Gasteiger partial charge >= 0.3 is 0 Å². The van der Waals surface area contributed by atoms with Gasteiger partial charge < -0.3 is 0 Å². The first-order chi connectivity index (χ1) is 5.29. The molecule has 0 saturated heterocycles. The summed E-state index contributed by atoms with van der Waals surface area (Å²) in [7, 11) is 0. The molecule has 0 heterocycles. The van der Waals surface area contributed by atoms with Crippen molar-refractivity contribution in [1.82, 2.24) is 0 Å². The Morgan fingerprint density at radius 1 is 1.00 bits per heavy atom. The van der Waals surface area contributed by atoms with Crippen LogP contribution in [0.2, 0.25) is 0 Å². The summed E-state index contributed by atoms with van der Waals surface area (Å²) in [5, 5.41) is 0. The van der Waals surface area contributed by atoms with Gasteiger partial charge in [-0.3, -0.25) is 0 Å². The van der Waals surface area contributed by atoms with E-state index in [1.807, 2.05) is 0 Å². The minimum atomic E-state index is 0.763. The predicted molar refractivity (Wildman–Crippen MR) is 48.5 cm³/mol. The van der Waals surface area contributed by atoms with E-state index in [1.165, 1.54) is 44.9 Å². The van der Waals surface area contributed by atoms with E-state index in [9.17, 15) is 0 Å². The predicted octanol–water partition coefficient (Wildman–Crippen LogP) is 3.76. The van der Waals surface area contributed by atoms with Crippen LogP contribution in [0.5, 0.6) is 0 Å². The zero-order valence-corrected chi connectivity index (χ0v) is 7.73. The molecule has 0 heteroatoms. The second-order valence-electron chi connectivity index (χ2n) is 5.02. The Kier molecular flexibility index (Phi) is 1.95. The Labute approximate surface area is 70.4 Å². The maximum absolute atomic E-state index is 2.52. The third kappa shape index (κ3) is 1.60. The molecule has 2 aliphatic carbocycles. The molecule has 0 nitrogen and oxygen atoms in total. The Hall–Kier alpha value is 0. The van der Waals surface area contributed by atoms with Gasteiger partial charge in [0.05, 0.1) is 0 Å². The molecule has 0 spiro atoms. The van der Waals surface area contributed by atoms with E-state index in [0.29, 0.717) is 0 Å². The van der Waals surface area contributed by atoms with Gasteiger partial charge in [-0.2, -0.15) is 0 Å². The average molecular weight is 152 g/mol. The van der Waals surface area contributed by atoms with Crippen molar-refractivity contribution >= 4 is 0 Å². The number of fused-ring (bicyclic) bond motifs is 2. The SMILES string of the molecule is CC12CCCCC(CCC1)C2. The monoisotopic (exact) mass is 152 g/mol. The molecule has 2 aliphatic rings. The topological polar surface area (TPSA) is 0 Å². The first kappa shape index (κ1) is 7.64. The largest absolute Gasteiger partial charge is 0.0596 e. The van der Waals surface area contributed by atoms with Crippen molar-refractivity contribution in [1.29, 1.82) is 0 Å². The van der Waals surface area contributed by atoms with E-state index in [1.54, 1.807) is 6.42 Å². The maximum Gasteiger partial charge on any atom is -0.0323 e. The van der Waals surface area contributed by atoms with E-state index in [0.717, 1.165) is 11.3 Å². The highest BCUT2D eigenvalue weighted by Crippen LogP contribution is 2.46. The fourth-order valence-electron chi connectivity index (χ4n) is 3.18. The molecule has 11 heavy (non-hydrogen) atoms. The Bertz CT molecular complexity index is 139. The third-order valence-electron chi connectivity index (χ3n) is 3.82. The molecule has 64 valence electrons. The van der Waals surface area contributed by atoms with Crippen molar-refractivity contribution in [3.63, 3.8) is 0 Å². The van der Waals surface area contributed by atoms with Crippen LogP contribution < -0.4 is 0 Å². The Morgan fingerprint density at radius 2 is 1.73 bits per heavy atom. The lowest BCUT2D eigenvalue weighted by atomic mass is 9.70. The highest BCUT2D eigenvalue weighted by molar-refractivity contribution is 4.85. The Morgan fingerprint density at radius 3 is 2.64 bits per heavy atom. The van der Waals surface area contributed by atoms with E-state index in [2.05, 4.69) is 6.92 Å². The fraction of sp³-hybridized carbons (Fsp3) is 1.00. The van der Waals surface area contributed by atoms with Gasteiger partial charge in [0.2, 0.25) is 0 Å². The summed E-state index contributed by atoms with van der Waals surface area (Å²) in [6, 6.07) is 0. The molecule has 2 bridgehead atoms. The van der Waals surface area contributed by atoms with Gasteiger partial charge in [-0.25, -0.2) is 0 Å². The lowest BCUT2D eigenvalue weighted by Gasteiger charge is -2.36. The van der Waals surface area contributed by atoms with Gasteiger partial charge in [0.15, 0.2) is 0 Å². The summed E-state index contributed by atoms with van der Waals surface area (Å²) in [5.41, 5.74) is 0.763. The quantitative estimate of drug-likeness (QED) is 0.496. The lowest BCUT2D eigenvalue weighted by molar-refractivity contribution is 0.161. The average Bonchev–Trinajstić information content (AvgIpc) is 2.09. The highest BCUT2D eigenvalue weighted by Gasteiger charge is 2.33. The van der Waals surface area contributed by atoms with Crippen LogP contribution in [0.3, 0.4) is 0 Å². The van der Waals surface area contributed by atoms with Crippen LogP contribution in [0.15, 0.2) is 0 Å². The van der Waals surface area contributed by atoms with Crippen LogP contribution in [-0.2, 0) is 0 Å². The van der Waals surface area contributed by atoms with Gasteiger partial charge in [-0.1, -0.05) is 39.0 Å². The number of rotatable bonds is 0. The molecule has 2 saturated carbocycles. The standard InChI is InChI=1S/C11H20/c1-11-7-3-2-5-10(9-11)6-4-8-11/h10H,2-9H2,1H3. The molecule has 0 N–H and O–H groups in total. The lowest BCUT2D eigenvalue weighted by Crippen LogP contribution is -2.23. The minimum Gasteiger partial charge on any atom is -0.0596 e. The smallest absolute Gasteiger partial charge is 0.0323 e. The molecule has 0 radical (unpaired) electrons. The van der Waals surface area contributed by atoms with E-state index < -0.39 is 0 Å². The molecule has 2 fully saturated rings. The van der Waals surface area contributed by atoms with Gasteiger partial charge in [0, 0.05) is 0 Å². The molecule has 2 unspecified atom stereocenters. The van der Waals surface area contributed by atoms with Crippen molar-refractivity contribution in [3.05, 3.63) is 0 Å². The van der Waals surface area contributed by atoms with E-state index in [4.69, 9.17) is 0 Å². The van der Waals surface area contributed by atoms with E-state index in [-0.39, 0.29) is 0 Å². The van der Waals surface area contributed by atoms with Crippen molar-refractivity contribution in [2.75, 3.05) is 0 Å².